The van der Waals surface area contributed by atoms with E-state index in [1.165, 1.54) is 0 Å². The summed E-state index contributed by atoms with van der Waals surface area (Å²) in [5.41, 5.74) is 1.05. The minimum atomic E-state index is -1.88. The number of allylic oxidation sites excluding steroid dienone is 1. The van der Waals surface area contributed by atoms with Gasteiger partial charge in [0.2, 0.25) is 11.3 Å². The second-order valence-electron chi connectivity index (χ2n) is 1.71. The Kier molecular flexibility index (Phi) is 4.57. The van der Waals surface area contributed by atoms with E-state index in [9.17, 15) is 4.21 Å². The molecule has 0 rings (SSSR count). The number of nitrogens with one attached hydrogen (secondary N) is 1. The van der Waals surface area contributed by atoms with Gasteiger partial charge in [0.25, 0.3) is 0 Å². The van der Waals surface area contributed by atoms with Gasteiger partial charge < -0.3 is 0 Å². The van der Waals surface area contributed by atoms with Crippen molar-refractivity contribution in [2.24, 2.45) is 0 Å². The van der Waals surface area contributed by atoms with Gasteiger partial charge in [-0.3, -0.25) is 4.55 Å². The van der Waals surface area contributed by atoms with Crippen LogP contribution in [0.1, 0.15) is 13.8 Å². The van der Waals surface area contributed by atoms with E-state index < -0.39 is 11.3 Å². The van der Waals surface area contributed by atoms with Gasteiger partial charge in [0.05, 0.1) is 0 Å². The molecule has 0 aliphatic heterocycles. The molecule has 1 unspecified atom stereocenters. The maximum absolute atomic E-state index is 9.99. The summed E-state index contributed by atoms with van der Waals surface area (Å²) in [6.07, 6.45) is 1.89. The Balaban J connectivity index is 3.39. The van der Waals surface area contributed by atoms with E-state index in [-0.39, 0.29) is 0 Å². The lowest BCUT2D eigenvalue weighted by atomic mass is 10.3. The van der Waals surface area contributed by atoms with E-state index in [1.54, 1.807) is 0 Å². The molecule has 0 saturated heterocycles. The normalized spacial score (nSPS) is 15.7. The Morgan fingerprint density at radius 2 is 2.44 bits per heavy atom. The zero-order chi connectivity index (χ0) is 7.28. The van der Waals surface area contributed by atoms with E-state index in [4.69, 9.17) is 4.55 Å². The van der Waals surface area contributed by atoms with Crippen molar-refractivity contribution in [2.75, 3.05) is 6.54 Å². The van der Waals surface area contributed by atoms with E-state index in [0.29, 0.717) is 6.54 Å². The fourth-order valence-electron chi connectivity index (χ4n) is 0.278. The van der Waals surface area contributed by atoms with Gasteiger partial charge in [0, 0.05) is 6.54 Å². The van der Waals surface area contributed by atoms with Gasteiger partial charge in [0.1, 0.15) is 0 Å². The Morgan fingerprint density at radius 3 is 2.78 bits per heavy atom. The summed E-state index contributed by atoms with van der Waals surface area (Å²) in [5, 5.41) is 0. The van der Waals surface area contributed by atoms with E-state index in [0.717, 1.165) is 5.57 Å². The Labute approximate surface area is 57.6 Å². The SMILES string of the molecule is CC=C(C)CNS(=O)O. The van der Waals surface area contributed by atoms with Gasteiger partial charge in [-0.2, -0.15) is 0 Å². The summed E-state index contributed by atoms with van der Waals surface area (Å²) in [6, 6.07) is 0. The van der Waals surface area contributed by atoms with Crippen molar-refractivity contribution < 1.29 is 8.76 Å². The van der Waals surface area contributed by atoms with E-state index >= 15 is 0 Å². The zero-order valence-electron chi connectivity index (χ0n) is 5.55. The first-order chi connectivity index (χ1) is 4.16. The van der Waals surface area contributed by atoms with Gasteiger partial charge in [-0.25, -0.2) is 8.93 Å². The highest BCUT2D eigenvalue weighted by atomic mass is 32.2. The Hall–Kier alpha value is -0.190. The third-order valence-corrected chi connectivity index (χ3v) is 1.36. The fraction of sp³-hybridized carbons (Fsp3) is 0.600. The molecule has 4 heteroatoms. The molecular formula is C5H11NO2S. The zero-order valence-corrected chi connectivity index (χ0v) is 6.36. The second kappa shape index (κ2) is 4.67. The minimum absolute atomic E-state index is 0.472. The highest BCUT2D eigenvalue weighted by Crippen LogP contribution is 1.86. The summed E-state index contributed by atoms with van der Waals surface area (Å²) in [6.45, 7) is 4.25. The van der Waals surface area contributed by atoms with Crippen LogP contribution in [0.5, 0.6) is 0 Å². The van der Waals surface area contributed by atoms with Gasteiger partial charge in [-0.15, -0.1) is 0 Å². The second-order valence-corrected chi connectivity index (χ2v) is 2.49. The van der Waals surface area contributed by atoms with Crippen molar-refractivity contribution in [3.05, 3.63) is 11.6 Å². The van der Waals surface area contributed by atoms with Crippen molar-refractivity contribution in [2.45, 2.75) is 13.8 Å². The highest BCUT2D eigenvalue weighted by Gasteiger charge is 1.89. The lowest BCUT2D eigenvalue weighted by Gasteiger charge is -1.96. The van der Waals surface area contributed by atoms with Crippen LogP contribution in [0.2, 0.25) is 0 Å². The first-order valence-corrected chi connectivity index (χ1v) is 3.73. The molecule has 0 aliphatic carbocycles. The van der Waals surface area contributed by atoms with Gasteiger partial charge in [-0.1, -0.05) is 11.6 Å². The summed E-state index contributed by atoms with van der Waals surface area (Å²) in [4.78, 5) is 0. The van der Waals surface area contributed by atoms with E-state index in [1.807, 2.05) is 19.9 Å². The molecule has 0 aromatic heterocycles. The van der Waals surface area contributed by atoms with E-state index in [2.05, 4.69) is 4.72 Å². The molecule has 2 N–H and O–H groups in total. The maximum atomic E-state index is 9.99. The van der Waals surface area contributed by atoms with Crippen LogP contribution < -0.4 is 4.72 Å². The summed E-state index contributed by atoms with van der Waals surface area (Å²) in [5.74, 6) is 0. The molecule has 1 atom stereocenters. The van der Waals surface area contributed by atoms with Crippen LogP contribution in [0.4, 0.5) is 0 Å². The van der Waals surface area contributed by atoms with Gasteiger partial charge >= 0.3 is 0 Å². The van der Waals surface area contributed by atoms with Crippen LogP contribution >= 0.6 is 0 Å². The van der Waals surface area contributed by atoms with Crippen molar-refractivity contribution in [1.29, 1.82) is 0 Å². The fourth-order valence-corrected chi connectivity index (χ4v) is 0.629. The molecule has 0 spiro atoms. The number of rotatable bonds is 3. The first kappa shape index (κ1) is 8.81. The van der Waals surface area contributed by atoms with Crippen LogP contribution in [0.15, 0.2) is 11.6 Å². The molecule has 9 heavy (non-hydrogen) atoms. The average molecular weight is 149 g/mol. The topological polar surface area (TPSA) is 49.3 Å². The van der Waals surface area contributed by atoms with Crippen LogP contribution in [0, 0.1) is 0 Å². The number of hydrogen-bond donors (Lipinski definition) is 2. The molecular weight excluding hydrogens is 138 g/mol. The monoisotopic (exact) mass is 149 g/mol. The molecule has 54 valence electrons. The number of hydrogen-bond acceptors (Lipinski definition) is 1. The van der Waals surface area contributed by atoms with Crippen LogP contribution in [0.3, 0.4) is 0 Å². The van der Waals surface area contributed by atoms with Crippen LogP contribution in [-0.2, 0) is 11.3 Å². The predicted octanol–water partition coefficient (Wildman–Crippen LogP) is 0.679. The first-order valence-electron chi connectivity index (χ1n) is 2.63. The smallest absolute Gasteiger partial charge is 0.232 e. The van der Waals surface area contributed by atoms with Crippen LogP contribution in [0.25, 0.3) is 0 Å². The molecule has 3 nitrogen and oxygen atoms in total. The quantitative estimate of drug-likeness (QED) is 0.458. The van der Waals surface area contributed by atoms with Crippen molar-refractivity contribution in [1.82, 2.24) is 4.72 Å². The summed E-state index contributed by atoms with van der Waals surface area (Å²) < 4.78 is 20.6. The predicted molar refractivity (Wildman–Crippen MR) is 38.2 cm³/mol. The molecule has 0 radical (unpaired) electrons. The lowest BCUT2D eigenvalue weighted by Crippen LogP contribution is -2.17. The molecule has 0 fully saturated rings. The lowest BCUT2D eigenvalue weighted by molar-refractivity contribution is 0.552. The third kappa shape index (κ3) is 5.68. The third-order valence-electron chi connectivity index (χ3n) is 0.967. The molecule has 0 bridgehead atoms. The summed E-state index contributed by atoms with van der Waals surface area (Å²) in [7, 11) is 0. The van der Waals surface area contributed by atoms with Crippen molar-refractivity contribution in [3.8, 4) is 0 Å². The summed E-state index contributed by atoms with van der Waals surface area (Å²) >= 11 is -1.88. The minimum Gasteiger partial charge on any atom is -0.294 e. The van der Waals surface area contributed by atoms with Crippen LogP contribution in [-0.4, -0.2) is 15.3 Å². The Bertz CT molecular complexity index is 133. The standard InChI is InChI=1S/C5H11NO2S/c1-3-5(2)4-6-9(7)8/h3,6H,4H2,1-2H3,(H,7,8). The molecule has 0 saturated carbocycles. The molecule has 0 aromatic rings. The molecule has 0 aromatic carbocycles. The van der Waals surface area contributed by atoms with Gasteiger partial charge in [-0.05, 0) is 13.8 Å². The molecule has 0 amide bonds. The average Bonchev–Trinajstić information content (AvgIpc) is 1.83. The maximum Gasteiger partial charge on any atom is 0.232 e. The van der Waals surface area contributed by atoms with Gasteiger partial charge in [0.15, 0.2) is 0 Å². The Morgan fingerprint density at radius 1 is 1.89 bits per heavy atom. The highest BCUT2D eigenvalue weighted by molar-refractivity contribution is 7.77. The molecule has 0 heterocycles. The van der Waals surface area contributed by atoms with Crippen molar-refractivity contribution in [3.63, 3.8) is 0 Å². The largest absolute Gasteiger partial charge is 0.294 e. The molecule has 0 aliphatic rings. The van der Waals surface area contributed by atoms with Crippen molar-refractivity contribution >= 4 is 11.3 Å².